The second-order valence-corrected chi connectivity index (χ2v) is 13.0. The zero-order chi connectivity index (χ0) is 31.0. The highest BCUT2D eigenvalue weighted by Crippen LogP contribution is 2.45. The highest BCUT2D eigenvalue weighted by molar-refractivity contribution is 6.30. The molecule has 44 heavy (non-hydrogen) atoms. The maximum absolute atomic E-state index is 13.3. The van der Waals surface area contributed by atoms with Crippen molar-refractivity contribution >= 4 is 35.4 Å². The number of hydrogen-bond acceptors (Lipinski definition) is 7. The summed E-state index contributed by atoms with van der Waals surface area (Å²) >= 11 is 6.66. The van der Waals surface area contributed by atoms with E-state index in [2.05, 4.69) is 21.3 Å². The predicted molar refractivity (Wildman–Crippen MR) is 168 cm³/mol. The van der Waals surface area contributed by atoms with E-state index in [1.54, 1.807) is 17.4 Å². The van der Waals surface area contributed by atoms with Crippen LogP contribution in [0.2, 0.25) is 5.02 Å². The Morgan fingerprint density at radius 2 is 1.93 bits per heavy atom. The van der Waals surface area contributed by atoms with Crippen molar-refractivity contribution in [3.8, 4) is 0 Å². The van der Waals surface area contributed by atoms with Gasteiger partial charge in [0.05, 0.1) is 42.6 Å². The molecule has 0 spiro atoms. The lowest BCUT2D eigenvalue weighted by Gasteiger charge is -2.39. The monoisotopic (exact) mass is 618 g/mol. The number of nitrogens with zero attached hydrogens (tertiary/aromatic N) is 5. The highest BCUT2D eigenvalue weighted by atomic mass is 35.5. The standard InChI is InChI=1S/C33H39ClN6O4/c1-21(2)19-43-32(42)40-14-12-39(13-15-40)30-24-8-7-23(34)17-25(24)26(16-22-6-5-11-36-28(22)30)29(27-18-35-20-38(27)4)37-31(41)44-33(3)9-10-33/h5-8,11,16-18,20-21,29-30H,9-10,12-15,19H2,1-4H3,(H,37,41)/t29-,30+/m1/s1. The summed E-state index contributed by atoms with van der Waals surface area (Å²) in [6, 6.07) is 9.09. The number of halogens is 1. The maximum atomic E-state index is 13.3. The largest absolute Gasteiger partial charge is 0.449 e. The van der Waals surface area contributed by atoms with E-state index >= 15 is 0 Å². The zero-order valence-corrected chi connectivity index (χ0v) is 26.4. The van der Waals surface area contributed by atoms with Gasteiger partial charge in [0.25, 0.3) is 0 Å². The lowest BCUT2D eigenvalue weighted by atomic mass is 9.90. The van der Waals surface area contributed by atoms with Crippen molar-refractivity contribution in [2.45, 2.75) is 51.3 Å². The van der Waals surface area contributed by atoms with Gasteiger partial charge in [0, 0.05) is 44.4 Å². The number of imidazole rings is 1. The zero-order valence-electron chi connectivity index (χ0n) is 25.6. The van der Waals surface area contributed by atoms with E-state index in [4.69, 9.17) is 26.1 Å². The fourth-order valence-corrected chi connectivity index (χ4v) is 6.07. The van der Waals surface area contributed by atoms with Crippen LogP contribution in [0.1, 0.15) is 73.8 Å². The summed E-state index contributed by atoms with van der Waals surface area (Å²) < 4.78 is 13.2. The van der Waals surface area contributed by atoms with Crippen LogP contribution >= 0.6 is 11.6 Å². The molecule has 2 aliphatic carbocycles. The molecule has 11 heteroatoms. The van der Waals surface area contributed by atoms with Gasteiger partial charge in [0.15, 0.2) is 0 Å². The molecule has 1 N–H and O–H groups in total. The van der Waals surface area contributed by atoms with Gasteiger partial charge in [-0.3, -0.25) is 9.88 Å². The minimum atomic E-state index is -0.575. The van der Waals surface area contributed by atoms with Crippen LogP contribution in [-0.2, 0) is 16.5 Å². The fraction of sp³-hybridized carbons (Fsp3) is 0.455. The Kier molecular flexibility index (Phi) is 8.39. The number of amides is 2. The van der Waals surface area contributed by atoms with E-state index in [0.29, 0.717) is 37.8 Å². The van der Waals surface area contributed by atoms with Gasteiger partial charge in [-0.1, -0.05) is 37.6 Å². The van der Waals surface area contributed by atoms with Crippen molar-refractivity contribution in [1.29, 1.82) is 0 Å². The van der Waals surface area contributed by atoms with Gasteiger partial charge in [0.2, 0.25) is 0 Å². The second-order valence-electron chi connectivity index (χ2n) is 12.6. The molecule has 6 rings (SSSR count). The minimum absolute atomic E-state index is 0.203. The molecule has 3 aliphatic rings. The van der Waals surface area contributed by atoms with E-state index in [9.17, 15) is 9.59 Å². The van der Waals surface area contributed by atoms with Crippen LogP contribution in [0.4, 0.5) is 9.59 Å². The molecule has 2 fully saturated rings. The summed E-state index contributed by atoms with van der Waals surface area (Å²) in [5.41, 5.74) is 5.00. The Balaban J connectivity index is 1.38. The quantitative estimate of drug-likeness (QED) is 0.355. The van der Waals surface area contributed by atoms with Crippen LogP contribution in [0, 0.1) is 5.92 Å². The average Bonchev–Trinajstić information content (AvgIpc) is 3.61. The normalized spacial score (nSPS) is 19.7. The van der Waals surface area contributed by atoms with E-state index in [1.807, 2.05) is 68.9 Å². The molecule has 3 aromatic rings. The van der Waals surface area contributed by atoms with Gasteiger partial charge in [-0.25, -0.2) is 14.6 Å². The molecule has 0 bridgehead atoms. The van der Waals surface area contributed by atoms with Crippen LogP contribution in [-0.4, -0.2) is 74.9 Å². The van der Waals surface area contributed by atoms with Crippen molar-refractivity contribution in [3.63, 3.8) is 0 Å². The van der Waals surface area contributed by atoms with Crippen LogP contribution < -0.4 is 5.32 Å². The Hall–Kier alpha value is -3.89. The van der Waals surface area contributed by atoms with Crippen molar-refractivity contribution in [2.24, 2.45) is 13.0 Å². The molecular formula is C33H39ClN6O4. The molecule has 1 saturated heterocycles. The van der Waals surface area contributed by atoms with E-state index < -0.39 is 17.7 Å². The molecule has 2 atom stereocenters. The fourth-order valence-electron chi connectivity index (χ4n) is 5.90. The molecule has 232 valence electrons. The lowest BCUT2D eigenvalue weighted by Crippen LogP contribution is -2.50. The number of piperazine rings is 1. The predicted octanol–water partition coefficient (Wildman–Crippen LogP) is 5.84. The van der Waals surface area contributed by atoms with Gasteiger partial charge in [-0.15, -0.1) is 0 Å². The summed E-state index contributed by atoms with van der Waals surface area (Å²) in [6.07, 6.45) is 8.33. The number of pyridine rings is 1. The Bertz CT molecular complexity index is 1570. The molecule has 2 amide bonds. The van der Waals surface area contributed by atoms with Crippen LogP contribution in [0.3, 0.4) is 0 Å². The number of nitrogens with one attached hydrogen (secondary N) is 1. The number of aryl methyl sites for hydroxylation is 1. The van der Waals surface area contributed by atoms with E-state index in [1.165, 1.54) is 0 Å². The van der Waals surface area contributed by atoms with Crippen LogP contribution in [0.5, 0.6) is 0 Å². The van der Waals surface area contributed by atoms with E-state index in [0.717, 1.165) is 46.5 Å². The number of carbonyl (C=O) groups excluding carboxylic acids is 2. The molecular weight excluding hydrogens is 580 g/mol. The summed E-state index contributed by atoms with van der Waals surface area (Å²) in [6.45, 7) is 8.77. The van der Waals surface area contributed by atoms with Gasteiger partial charge >= 0.3 is 12.2 Å². The minimum Gasteiger partial charge on any atom is -0.449 e. The third-order valence-electron chi connectivity index (χ3n) is 8.56. The van der Waals surface area contributed by atoms with Crippen molar-refractivity contribution in [2.75, 3.05) is 32.8 Å². The van der Waals surface area contributed by atoms with Crippen molar-refractivity contribution < 1.29 is 19.1 Å². The first-order chi connectivity index (χ1) is 21.1. The number of rotatable bonds is 7. The van der Waals surface area contributed by atoms with Crippen molar-refractivity contribution in [3.05, 3.63) is 82.2 Å². The molecule has 0 unspecified atom stereocenters. The number of benzene rings is 1. The number of hydrogen-bond donors (Lipinski definition) is 1. The first-order valence-corrected chi connectivity index (χ1v) is 15.6. The Morgan fingerprint density at radius 3 is 2.61 bits per heavy atom. The number of alkyl carbamates (subject to hydrolysis) is 1. The van der Waals surface area contributed by atoms with E-state index in [-0.39, 0.29) is 18.1 Å². The topological polar surface area (TPSA) is 102 Å². The van der Waals surface area contributed by atoms with Gasteiger partial charge in [0.1, 0.15) is 5.60 Å². The van der Waals surface area contributed by atoms with Gasteiger partial charge in [-0.05, 0) is 72.2 Å². The summed E-state index contributed by atoms with van der Waals surface area (Å²) in [4.78, 5) is 39.4. The van der Waals surface area contributed by atoms with Crippen LogP contribution in [0.15, 0.2) is 49.1 Å². The average molecular weight is 619 g/mol. The summed E-state index contributed by atoms with van der Waals surface area (Å²) in [5.74, 6) is 0.280. The first kappa shape index (κ1) is 30.1. The Morgan fingerprint density at radius 1 is 1.16 bits per heavy atom. The van der Waals surface area contributed by atoms with Gasteiger partial charge < -0.3 is 24.3 Å². The smallest absolute Gasteiger partial charge is 0.409 e. The van der Waals surface area contributed by atoms with Gasteiger partial charge in [-0.2, -0.15) is 0 Å². The maximum Gasteiger partial charge on any atom is 0.409 e. The lowest BCUT2D eigenvalue weighted by molar-refractivity contribution is 0.0619. The molecule has 10 nitrogen and oxygen atoms in total. The molecule has 1 aromatic carbocycles. The highest BCUT2D eigenvalue weighted by Gasteiger charge is 2.43. The number of carbonyl (C=O) groups is 2. The Labute approximate surface area is 263 Å². The third kappa shape index (κ3) is 6.32. The van der Waals surface area contributed by atoms with Crippen molar-refractivity contribution in [1.82, 2.24) is 29.7 Å². The summed E-state index contributed by atoms with van der Waals surface area (Å²) in [5, 5.41) is 3.74. The molecule has 1 saturated carbocycles. The number of aromatic nitrogens is 3. The summed E-state index contributed by atoms with van der Waals surface area (Å²) in [7, 11) is 1.91. The molecule has 1 aliphatic heterocycles. The number of ether oxygens (including phenoxy) is 2. The van der Waals surface area contributed by atoms with Crippen LogP contribution in [0.25, 0.3) is 11.6 Å². The molecule has 3 heterocycles. The second kappa shape index (κ2) is 12.2. The third-order valence-corrected chi connectivity index (χ3v) is 8.79. The molecule has 2 aromatic heterocycles. The first-order valence-electron chi connectivity index (χ1n) is 15.2. The SMILES string of the molecule is CC(C)COC(=O)N1CCN([C@H]2c3ccc(Cl)cc3C([C@@H](NC(=O)OC3(C)CC3)c3cncn3C)=Cc3cccnc32)CC1. The molecule has 0 radical (unpaired) electrons. The number of fused-ring (bicyclic) bond motifs is 2.